The Morgan fingerprint density at radius 2 is 2.07 bits per heavy atom. The number of hydrogen-bond acceptors (Lipinski definition) is 3. The molecule has 84 valence electrons. The molecule has 0 aromatic heterocycles. The van der Waals surface area contributed by atoms with Gasteiger partial charge in [-0.05, 0) is 13.3 Å². The van der Waals surface area contributed by atoms with Crippen LogP contribution < -0.4 is 4.72 Å². The van der Waals surface area contributed by atoms with Crippen LogP contribution in [0.4, 0.5) is 0 Å². The number of nitrogens with one attached hydrogen (secondary N) is 1. The Bertz CT molecular complexity index is 273. The molecule has 0 aliphatic carbocycles. The van der Waals surface area contributed by atoms with Crippen molar-refractivity contribution < 1.29 is 18.3 Å². The van der Waals surface area contributed by atoms with Crippen molar-refractivity contribution in [3.63, 3.8) is 0 Å². The maximum absolute atomic E-state index is 11.2. The average molecular weight is 223 g/mol. The van der Waals surface area contributed by atoms with Crippen molar-refractivity contribution >= 4 is 16.0 Å². The Morgan fingerprint density at radius 3 is 2.50 bits per heavy atom. The lowest BCUT2D eigenvalue weighted by Gasteiger charge is -2.12. The highest BCUT2D eigenvalue weighted by molar-refractivity contribution is 7.89. The van der Waals surface area contributed by atoms with Crippen molar-refractivity contribution in [2.75, 3.05) is 5.75 Å². The molecule has 1 unspecified atom stereocenters. The van der Waals surface area contributed by atoms with Crippen LogP contribution in [0.15, 0.2) is 0 Å². The Labute approximate surface area is 84.6 Å². The zero-order chi connectivity index (χ0) is 11.2. The number of sulfonamides is 1. The van der Waals surface area contributed by atoms with Gasteiger partial charge in [0.25, 0.3) is 0 Å². The SMILES string of the molecule is CCCC(C)NS(=O)(=O)CCC(=O)O. The first-order valence-corrected chi connectivity index (χ1v) is 6.24. The van der Waals surface area contributed by atoms with E-state index in [-0.39, 0.29) is 18.2 Å². The van der Waals surface area contributed by atoms with Crippen molar-refractivity contribution in [2.45, 2.75) is 39.2 Å². The molecule has 0 aliphatic rings. The van der Waals surface area contributed by atoms with E-state index in [1.165, 1.54) is 0 Å². The van der Waals surface area contributed by atoms with Gasteiger partial charge in [0.15, 0.2) is 0 Å². The second-order valence-electron chi connectivity index (χ2n) is 3.27. The third kappa shape index (κ3) is 6.85. The molecule has 14 heavy (non-hydrogen) atoms. The predicted molar refractivity (Wildman–Crippen MR) is 53.5 cm³/mol. The highest BCUT2D eigenvalue weighted by Crippen LogP contribution is 1.99. The lowest BCUT2D eigenvalue weighted by Crippen LogP contribution is -2.34. The molecule has 0 saturated heterocycles. The number of carboxylic acids is 1. The van der Waals surface area contributed by atoms with Gasteiger partial charge in [-0.15, -0.1) is 0 Å². The molecule has 0 rings (SSSR count). The Kier molecular flexibility index (Phi) is 5.71. The van der Waals surface area contributed by atoms with Crippen molar-refractivity contribution in [3.05, 3.63) is 0 Å². The number of hydrogen-bond donors (Lipinski definition) is 2. The summed E-state index contributed by atoms with van der Waals surface area (Å²) in [5, 5.41) is 8.32. The summed E-state index contributed by atoms with van der Waals surface area (Å²) in [7, 11) is -3.43. The zero-order valence-corrected chi connectivity index (χ0v) is 9.30. The van der Waals surface area contributed by atoms with Gasteiger partial charge in [-0.2, -0.15) is 0 Å². The standard InChI is InChI=1S/C8H17NO4S/c1-3-4-7(2)9-14(12,13)6-5-8(10)11/h7,9H,3-6H2,1-2H3,(H,10,11). The van der Waals surface area contributed by atoms with Crippen molar-refractivity contribution in [1.82, 2.24) is 4.72 Å². The number of carbonyl (C=O) groups is 1. The molecule has 0 radical (unpaired) electrons. The summed E-state index contributed by atoms with van der Waals surface area (Å²) in [6.45, 7) is 3.73. The van der Waals surface area contributed by atoms with E-state index in [4.69, 9.17) is 5.11 Å². The Morgan fingerprint density at radius 1 is 1.50 bits per heavy atom. The lowest BCUT2D eigenvalue weighted by molar-refractivity contribution is -0.136. The highest BCUT2D eigenvalue weighted by Gasteiger charge is 2.15. The summed E-state index contributed by atoms with van der Waals surface area (Å²) < 4.78 is 24.9. The molecular weight excluding hydrogens is 206 g/mol. The fraction of sp³-hybridized carbons (Fsp3) is 0.875. The van der Waals surface area contributed by atoms with E-state index in [0.29, 0.717) is 0 Å². The first-order chi connectivity index (χ1) is 6.37. The number of aliphatic carboxylic acids is 1. The normalized spacial score (nSPS) is 13.9. The van der Waals surface area contributed by atoms with Crippen LogP contribution in [-0.4, -0.2) is 31.3 Å². The molecule has 0 spiro atoms. The molecule has 0 aliphatic heterocycles. The minimum atomic E-state index is -3.43. The van der Waals surface area contributed by atoms with Crippen LogP contribution in [-0.2, 0) is 14.8 Å². The topological polar surface area (TPSA) is 83.5 Å². The maximum Gasteiger partial charge on any atom is 0.304 e. The van der Waals surface area contributed by atoms with Gasteiger partial charge in [0.1, 0.15) is 0 Å². The van der Waals surface area contributed by atoms with E-state index in [0.717, 1.165) is 12.8 Å². The Hall–Kier alpha value is -0.620. The molecule has 1 atom stereocenters. The summed E-state index contributed by atoms with van der Waals surface area (Å²) in [5.74, 6) is -1.45. The van der Waals surface area contributed by atoms with E-state index in [9.17, 15) is 13.2 Å². The van der Waals surface area contributed by atoms with Gasteiger partial charge in [0, 0.05) is 6.04 Å². The highest BCUT2D eigenvalue weighted by atomic mass is 32.2. The molecule has 0 amide bonds. The summed E-state index contributed by atoms with van der Waals surface area (Å²) in [6, 6.07) is -0.126. The van der Waals surface area contributed by atoms with Crippen LogP contribution in [0.5, 0.6) is 0 Å². The van der Waals surface area contributed by atoms with E-state index >= 15 is 0 Å². The van der Waals surface area contributed by atoms with E-state index in [2.05, 4.69) is 4.72 Å². The van der Waals surface area contributed by atoms with E-state index in [1.807, 2.05) is 6.92 Å². The third-order valence-electron chi connectivity index (χ3n) is 1.69. The van der Waals surface area contributed by atoms with Crippen LogP contribution in [0.1, 0.15) is 33.1 Å². The largest absolute Gasteiger partial charge is 0.481 e. The first kappa shape index (κ1) is 13.4. The molecule has 0 saturated carbocycles. The van der Waals surface area contributed by atoms with Crippen LogP contribution in [0.3, 0.4) is 0 Å². The van der Waals surface area contributed by atoms with Crippen LogP contribution in [0, 0.1) is 0 Å². The zero-order valence-electron chi connectivity index (χ0n) is 8.49. The molecule has 0 aromatic carbocycles. The van der Waals surface area contributed by atoms with Gasteiger partial charge in [0.2, 0.25) is 10.0 Å². The van der Waals surface area contributed by atoms with E-state index < -0.39 is 16.0 Å². The molecule has 0 fully saturated rings. The average Bonchev–Trinajstić information content (AvgIpc) is 2.00. The predicted octanol–water partition coefficient (Wildman–Crippen LogP) is 0.569. The van der Waals surface area contributed by atoms with Crippen molar-refractivity contribution in [1.29, 1.82) is 0 Å². The fourth-order valence-corrected chi connectivity index (χ4v) is 2.37. The third-order valence-corrected chi connectivity index (χ3v) is 3.19. The second kappa shape index (κ2) is 5.98. The fourth-order valence-electron chi connectivity index (χ4n) is 1.08. The number of carboxylic acid groups (broad SMARTS) is 1. The minimum absolute atomic E-state index is 0.126. The first-order valence-electron chi connectivity index (χ1n) is 4.59. The smallest absolute Gasteiger partial charge is 0.304 e. The molecule has 6 heteroatoms. The molecule has 5 nitrogen and oxygen atoms in total. The summed E-state index contributed by atoms with van der Waals surface area (Å²) in [6.07, 6.45) is 1.29. The van der Waals surface area contributed by atoms with Gasteiger partial charge in [-0.1, -0.05) is 13.3 Å². The van der Waals surface area contributed by atoms with Gasteiger partial charge >= 0.3 is 5.97 Å². The lowest BCUT2D eigenvalue weighted by atomic mass is 10.2. The van der Waals surface area contributed by atoms with Crippen molar-refractivity contribution in [2.24, 2.45) is 0 Å². The molecular formula is C8H17NO4S. The monoisotopic (exact) mass is 223 g/mol. The minimum Gasteiger partial charge on any atom is -0.481 e. The number of rotatable bonds is 7. The van der Waals surface area contributed by atoms with Gasteiger partial charge < -0.3 is 5.11 Å². The quantitative estimate of drug-likeness (QED) is 0.661. The summed E-state index contributed by atoms with van der Waals surface area (Å²) in [5.41, 5.74) is 0. The second-order valence-corrected chi connectivity index (χ2v) is 5.14. The van der Waals surface area contributed by atoms with Crippen LogP contribution >= 0.6 is 0 Å². The van der Waals surface area contributed by atoms with Crippen molar-refractivity contribution in [3.8, 4) is 0 Å². The van der Waals surface area contributed by atoms with Gasteiger partial charge in [-0.25, -0.2) is 13.1 Å². The summed E-state index contributed by atoms with van der Waals surface area (Å²) >= 11 is 0. The van der Waals surface area contributed by atoms with Gasteiger partial charge in [-0.3, -0.25) is 4.79 Å². The molecule has 2 N–H and O–H groups in total. The maximum atomic E-state index is 11.2. The van der Waals surface area contributed by atoms with E-state index in [1.54, 1.807) is 6.92 Å². The van der Waals surface area contributed by atoms with Crippen LogP contribution in [0.25, 0.3) is 0 Å². The Balaban J connectivity index is 4.01. The molecule has 0 heterocycles. The summed E-state index contributed by atoms with van der Waals surface area (Å²) in [4.78, 5) is 10.2. The van der Waals surface area contributed by atoms with Gasteiger partial charge in [0.05, 0.1) is 12.2 Å². The molecule has 0 bridgehead atoms. The van der Waals surface area contributed by atoms with Crippen LogP contribution in [0.2, 0.25) is 0 Å². The molecule has 0 aromatic rings.